The van der Waals surface area contributed by atoms with Gasteiger partial charge in [0.2, 0.25) is 5.13 Å². The number of urea groups is 1. The fourth-order valence-corrected chi connectivity index (χ4v) is 3.51. The van der Waals surface area contributed by atoms with Crippen LogP contribution in [0.2, 0.25) is 0 Å². The van der Waals surface area contributed by atoms with Crippen LogP contribution < -0.4 is 10.6 Å². The second kappa shape index (κ2) is 7.72. The zero-order chi connectivity index (χ0) is 16.9. The average molecular weight is 345 g/mol. The summed E-state index contributed by atoms with van der Waals surface area (Å²) in [7, 11) is 0. The molecule has 1 aliphatic rings. The van der Waals surface area contributed by atoms with Crippen molar-refractivity contribution in [2.24, 2.45) is 0 Å². The number of nitrogens with zero attached hydrogens (tertiary/aromatic N) is 3. The van der Waals surface area contributed by atoms with Crippen molar-refractivity contribution in [3.8, 4) is 0 Å². The van der Waals surface area contributed by atoms with Crippen molar-refractivity contribution in [3.05, 3.63) is 40.9 Å². The monoisotopic (exact) mass is 345 g/mol. The number of nitrogens with one attached hydrogen (secondary N) is 2. The molecular formula is C17H23N5OS. The number of likely N-dealkylation sites (tertiary alicyclic amines) is 1. The molecule has 0 aliphatic carbocycles. The summed E-state index contributed by atoms with van der Waals surface area (Å²) in [6.07, 6.45) is 0.966. The Morgan fingerprint density at radius 3 is 2.83 bits per heavy atom. The van der Waals surface area contributed by atoms with Crippen LogP contribution in [0.1, 0.15) is 36.8 Å². The van der Waals surface area contributed by atoms with Crippen LogP contribution in [0.5, 0.6) is 0 Å². The van der Waals surface area contributed by atoms with Gasteiger partial charge in [-0.3, -0.25) is 10.2 Å². The molecule has 1 aromatic heterocycles. The fraction of sp³-hybridized carbons (Fsp3) is 0.471. The highest BCUT2D eigenvalue weighted by Crippen LogP contribution is 2.22. The van der Waals surface area contributed by atoms with Crippen molar-refractivity contribution >= 4 is 22.5 Å². The molecule has 1 aromatic carbocycles. The number of carbonyl (C=O) groups is 1. The first-order chi connectivity index (χ1) is 11.6. The van der Waals surface area contributed by atoms with Crippen LogP contribution in [0.3, 0.4) is 0 Å². The second-order valence-electron chi connectivity index (χ2n) is 6.40. The van der Waals surface area contributed by atoms with Gasteiger partial charge in [-0.1, -0.05) is 55.5 Å². The van der Waals surface area contributed by atoms with Crippen molar-refractivity contribution < 1.29 is 4.79 Å². The maximum atomic E-state index is 12.1. The molecule has 24 heavy (non-hydrogen) atoms. The molecule has 128 valence electrons. The molecule has 3 rings (SSSR count). The van der Waals surface area contributed by atoms with Gasteiger partial charge < -0.3 is 5.32 Å². The number of hydrogen-bond acceptors (Lipinski definition) is 5. The van der Waals surface area contributed by atoms with Gasteiger partial charge in [0.25, 0.3) is 0 Å². The third-order valence-corrected chi connectivity index (χ3v) is 5.15. The first-order valence-electron chi connectivity index (χ1n) is 8.27. The van der Waals surface area contributed by atoms with Crippen molar-refractivity contribution in [1.29, 1.82) is 0 Å². The number of rotatable bonds is 5. The van der Waals surface area contributed by atoms with Gasteiger partial charge in [-0.25, -0.2) is 4.79 Å². The van der Waals surface area contributed by atoms with Crippen molar-refractivity contribution in [1.82, 2.24) is 20.4 Å². The summed E-state index contributed by atoms with van der Waals surface area (Å²) in [5, 5.41) is 15.4. The summed E-state index contributed by atoms with van der Waals surface area (Å²) in [6.45, 7) is 6.91. The Morgan fingerprint density at radius 2 is 2.12 bits per heavy atom. The minimum absolute atomic E-state index is 0.172. The fourth-order valence-electron chi connectivity index (χ4n) is 2.77. The van der Waals surface area contributed by atoms with Crippen LogP contribution in [-0.4, -0.2) is 40.3 Å². The van der Waals surface area contributed by atoms with Crippen LogP contribution in [0.4, 0.5) is 9.93 Å². The van der Waals surface area contributed by atoms with Crippen molar-refractivity contribution in [2.45, 2.75) is 38.8 Å². The van der Waals surface area contributed by atoms with E-state index in [1.807, 2.05) is 6.07 Å². The van der Waals surface area contributed by atoms with Crippen LogP contribution in [0.15, 0.2) is 30.3 Å². The summed E-state index contributed by atoms with van der Waals surface area (Å²) >= 11 is 1.42. The van der Waals surface area contributed by atoms with E-state index in [1.54, 1.807) is 0 Å². The second-order valence-corrected chi connectivity index (χ2v) is 7.41. The van der Waals surface area contributed by atoms with E-state index in [4.69, 9.17) is 0 Å². The highest BCUT2D eigenvalue weighted by Gasteiger charge is 2.24. The predicted octanol–water partition coefficient (Wildman–Crippen LogP) is 3.06. The molecule has 7 heteroatoms. The Labute approximate surface area is 146 Å². The molecule has 0 spiro atoms. The molecule has 1 atom stereocenters. The van der Waals surface area contributed by atoms with Gasteiger partial charge in [0, 0.05) is 31.6 Å². The Balaban J connectivity index is 1.45. The standard InChI is InChI=1S/C17H23N5OS/c1-12(2)15-20-21-17(24-15)19-16(23)18-14-8-9-22(11-14)10-13-6-4-3-5-7-13/h3-7,12,14H,8-11H2,1-2H3,(H2,18,19,21,23)/t14-/m0/s1. The summed E-state index contributed by atoms with van der Waals surface area (Å²) in [4.78, 5) is 14.5. The molecule has 2 heterocycles. The highest BCUT2D eigenvalue weighted by atomic mass is 32.1. The highest BCUT2D eigenvalue weighted by molar-refractivity contribution is 7.15. The normalized spacial score (nSPS) is 18.0. The van der Waals surface area contributed by atoms with E-state index in [1.165, 1.54) is 16.9 Å². The van der Waals surface area contributed by atoms with E-state index in [9.17, 15) is 4.79 Å². The van der Waals surface area contributed by atoms with E-state index in [0.717, 1.165) is 31.1 Å². The molecule has 0 bridgehead atoms. The van der Waals surface area contributed by atoms with E-state index in [-0.39, 0.29) is 12.1 Å². The lowest BCUT2D eigenvalue weighted by atomic mass is 10.2. The Morgan fingerprint density at radius 1 is 1.33 bits per heavy atom. The smallest absolute Gasteiger partial charge is 0.321 e. The molecule has 2 N–H and O–H groups in total. The van der Waals surface area contributed by atoms with Crippen molar-refractivity contribution in [3.63, 3.8) is 0 Å². The minimum Gasteiger partial charge on any atom is -0.334 e. The lowest BCUT2D eigenvalue weighted by Gasteiger charge is -2.16. The SMILES string of the molecule is CC(C)c1nnc(NC(=O)N[C@H]2CCN(Cc3ccccc3)C2)s1. The zero-order valence-corrected chi connectivity index (χ0v) is 14.8. The molecule has 2 amide bonds. The van der Waals surface area contributed by atoms with Gasteiger partial charge in [0.15, 0.2) is 0 Å². The van der Waals surface area contributed by atoms with Crippen molar-refractivity contribution in [2.75, 3.05) is 18.4 Å². The Kier molecular flexibility index (Phi) is 5.42. The molecule has 0 saturated carbocycles. The van der Waals surface area contributed by atoms with Gasteiger partial charge in [0.1, 0.15) is 5.01 Å². The zero-order valence-electron chi connectivity index (χ0n) is 14.0. The summed E-state index contributed by atoms with van der Waals surface area (Å²) in [5.41, 5.74) is 1.30. The summed E-state index contributed by atoms with van der Waals surface area (Å²) in [6, 6.07) is 10.4. The lowest BCUT2D eigenvalue weighted by Crippen LogP contribution is -2.39. The number of anilines is 1. The van der Waals surface area contributed by atoms with Crippen LogP contribution in [-0.2, 0) is 6.54 Å². The van der Waals surface area contributed by atoms with Gasteiger partial charge in [-0.15, -0.1) is 10.2 Å². The van der Waals surface area contributed by atoms with Crippen LogP contribution >= 0.6 is 11.3 Å². The third kappa shape index (κ3) is 4.52. The molecule has 6 nitrogen and oxygen atoms in total. The minimum atomic E-state index is -0.201. The third-order valence-electron chi connectivity index (χ3n) is 4.01. The largest absolute Gasteiger partial charge is 0.334 e. The molecule has 1 fully saturated rings. The van der Waals surface area contributed by atoms with E-state index in [0.29, 0.717) is 11.0 Å². The predicted molar refractivity (Wildman–Crippen MR) is 96.3 cm³/mol. The molecule has 0 unspecified atom stereocenters. The van der Waals surface area contributed by atoms with Gasteiger partial charge in [0.05, 0.1) is 0 Å². The van der Waals surface area contributed by atoms with Crippen LogP contribution in [0, 0.1) is 0 Å². The first-order valence-corrected chi connectivity index (χ1v) is 9.09. The van der Waals surface area contributed by atoms with Gasteiger partial charge in [-0.2, -0.15) is 0 Å². The van der Waals surface area contributed by atoms with Gasteiger partial charge in [-0.05, 0) is 12.0 Å². The number of hydrogen-bond donors (Lipinski definition) is 2. The molecular weight excluding hydrogens is 322 g/mol. The quantitative estimate of drug-likeness (QED) is 0.874. The molecule has 1 saturated heterocycles. The summed E-state index contributed by atoms with van der Waals surface area (Å²) in [5.74, 6) is 0.322. The number of aromatic nitrogens is 2. The van der Waals surface area contributed by atoms with Gasteiger partial charge >= 0.3 is 6.03 Å². The molecule has 0 radical (unpaired) electrons. The molecule has 1 aliphatic heterocycles. The number of amides is 2. The maximum Gasteiger partial charge on any atom is 0.321 e. The van der Waals surface area contributed by atoms with E-state index in [2.05, 4.69) is 63.8 Å². The number of carbonyl (C=O) groups excluding carboxylic acids is 1. The van der Waals surface area contributed by atoms with E-state index >= 15 is 0 Å². The van der Waals surface area contributed by atoms with Crippen LogP contribution in [0.25, 0.3) is 0 Å². The average Bonchev–Trinajstić information content (AvgIpc) is 3.18. The number of benzene rings is 1. The molecule has 2 aromatic rings. The Hall–Kier alpha value is -1.99. The lowest BCUT2D eigenvalue weighted by molar-refractivity contribution is 0.247. The topological polar surface area (TPSA) is 70.1 Å². The maximum absolute atomic E-state index is 12.1. The van der Waals surface area contributed by atoms with E-state index < -0.39 is 0 Å². The first kappa shape index (κ1) is 16.9. The Bertz CT molecular complexity index is 673. The summed E-state index contributed by atoms with van der Waals surface area (Å²) < 4.78 is 0.